The number of carbonyl (C=O) groups excluding carboxylic acids is 3. The zero-order valence-electron chi connectivity index (χ0n) is 19.5. The van der Waals surface area contributed by atoms with Crippen LogP contribution in [0.15, 0.2) is 42.5 Å². The molecule has 0 aliphatic rings. The molecular formula is C25H24Cl2N2O5S. The molecule has 2 amide bonds. The van der Waals surface area contributed by atoms with Crippen molar-refractivity contribution in [2.75, 3.05) is 17.2 Å². The first-order chi connectivity index (χ1) is 16.6. The molecule has 2 N–H and O–H groups in total. The molecule has 3 rings (SSSR count). The number of anilines is 2. The summed E-state index contributed by atoms with van der Waals surface area (Å²) in [7, 11) is 0. The quantitative estimate of drug-likeness (QED) is 0.321. The average molecular weight is 535 g/mol. The number of hydrogen-bond acceptors (Lipinski definition) is 6. The van der Waals surface area contributed by atoms with Crippen molar-refractivity contribution >= 4 is 63.0 Å². The Hall–Kier alpha value is -3.07. The third-order valence-corrected chi connectivity index (χ3v) is 6.76. The Morgan fingerprint density at radius 1 is 1.03 bits per heavy atom. The summed E-state index contributed by atoms with van der Waals surface area (Å²) in [5.74, 6) is -0.869. The first kappa shape index (κ1) is 26.5. The molecule has 7 nitrogen and oxygen atoms in total. The summed E-state index contributed by atoms with van der Waals surface area (Å²) >= 11 is 13.4. The second-order valence-electron chi connectivity index (χ2n) is 7.56. The Kier molecular flexibility index (Phi) is 8.77. The van der Waals surface area contributed by atoms with Crippen LogP contribution in [0.4, 0.5) is 10.7 Å². The third-order valence-electron chi connectivity index (χ3n) is 5.08. The van der Waals surface area contributed by atoms with Crippen LogP contribution in [-0.4, -0.2) is 30.5 Å². The van der Waals surface area contributed by atoms with Crippen molar-refractivity contribution in [2.24, 2.45) is 0 Å². The Balaban J connectivity index is 1.65. The molecule has 1 aromatic heterocycles. The number of thiophene rings is 1. The molecular weight excluding hydrogens is 511 g/mol. The maximum Gasteiger partial charge on any atom is 0.341 e. The average Bonchev–Trinajstić information content (AvgIpc) is 3.09. The number of amides is 2. The standard InChI is InChI=1S/C25H24Cl2N2O5S/c1-5-33-25(32)21-13(2)15(4)35-24(21)29-23(31)16-6-9-18(10-7-16)34-14(3)22(30)28-20-12-17(26)8-11-19(20)27/h6-12,14H,5H2,1-4H3,(H,28,30)(H,29,31)/t14-/m0/s1. The van der Waals surface area contributed by atoms with Crippen LogP contribution >= 0.6 is 34.5 Å². The van der Waals surface area contributed by atoms with Gasteiger partial charge in [0.15, 0.2) is 6.10 Å². The minimum atomic E-state index is -0.839. The molecule has 35 heavy (non-hydrogen) atoms. The lowest BCUT2D eigenvalue weighted by molar-refractivity contribution is -0.122. The SMILES string of the molecule is CCOC(=O)c1c(NC(=O)c2ccc(O[C@@H](C)C(=O)Nc3cc(Cl)ccc3Cl)cc2)sc(C)c1C. The summed E-state index contributed by atoms with van der Waals surface area (Å²) in [6.07, 6.45) is -0.839. The maximum atomic E-state index is 12.8. The second-order valence-corrected chi connectivity index (χ2v) is 9.63. The highest BCUT2D eigenvalue weighted by Gasteiger charge is 2.23. The van der Waals surface area contributed by atoms with Crippen molar-refractivity contribution < 1.29 is 23.9 Å². The molecule has 0 unspecified atom stereocenters. The largest absolute Gasteiger partial charge is 0.481 e. The van der Waals surface area contributed by atoms with E-state index in [4.69, 9.17) is 32.7 Å². The summed E-state index contributed by atoms with van der Waals surface area (Å²) in [6.45, 7) is 7.25. The highest BCUT2D eigenvalue weighted by Crippen LogP contribution is 2.33. The van der Waals surface area contributed by atoms with Gasteiger partial charge in [-0.2, -0.15) is 0 Å². The lowest BCUT2D eigenvalue weighted by Gasteiger charge is -2.16. The van der Waals surface area contributed by atoms with E-state index in [-0.39, 0.29) is 12.5 Å². The van der Waals surface area contributed by atoms with Crippen LogP contribution < -0.4 is 15.4 Å². The Morgan fingerprint density at radius 2 is 1.71 bits per heavy atom. The number of halogens is 2. The van der Waals surface area contributed by atoms with Gasteiger partial charge in [0, 0.05) is 15.5 Å². The molecule has 0 radical (unpaired) electrons. The van der Waals surface area contributed by atoms with Crippen molar-refractivity contribution in [3.05, 3.63) is 74.1 Å². The maximum absolute atomic E-state index is 12.8. The molecule has 10 heteroatoms. The fourth-order valence-electron chi connectivity index (χ4n) is 3.11. The monoisotopic (exact) mass is 534 g/mol. The molecule has 184 valence electrons. The van der Waals surface area contributed by atoms with Crippen LogP contribution in [0.25, 0.3) is 0 Å². The van der Waals surface area contributed by atoms with Gasteiger partial charge in [0.1, 0.15) is 10.8 Å². The molecule has 0 saturated heterocycles. The number of carbonyl (C=O) groups is 3. The summed E-state index contributed by atoms with van der Waals surface area (Å²) in [4.78, 5) is 38.5. The van der Waals surface area contributed by atoms with Crippen molar-refractivity contribution in [3.63, 3.8) is 0 Å². The van der Waals surface area contributed by atoms with E-state index in [0.717, 1.165) is 10.4 Å². The van der Waals surface area contributed by atoms with E-state index in [1.807, 2.05) is 13.8 Å². The zero-order valence-corrected chi connectivity index (χ0v) is 21.9. The molecule has 0 saturated carbocycles. The van der Waals surface area contributed by atoms with E-state index in [9.17, 15) is 14.4 Å². The van der Waals surface area contributed by atoms with Gasteiger partial charge in [0.2, 0.25) is 0 Å². The van der Waals surface area contributed by atoms with Crippen LogP contribution in [0.1, 0.15) is 45.0 Å². The van der Waals surface area contributed by atoms with Crippen molar-refractivity contribution in [1.82, 2.24) is 0 Å². The van der Waals surface area contributed by atoms with Gasteiger partial charge >= 0.3 is 5.97 Å². The number of rotatable bonds is 8. The van der Waals surface area contributed by atoms with Gasteiger partial charge in [-0.05, 0) is 75.7 Å². The van der Waals surface area contributed by atoms with E-state index in [1.165, 1.54) is 11.3 Å². The molecule has 0 aliphatic heterocycles. The lowest BCUT2D eigenvalue weighted by atomic mass is 10.1. The fourth-order valence-corrected chi connectivity index (χ4v) is 4.49. The van der Waals surface area contributed by atoms with E-state index in [1.54, 1.807) is 56.3 Å². The van der Waals surface area contributed by atoms with Gasteiger partial charge in [0.25, 0.3) is 11.8 Å². The molecule has 2 aromatic carbocycles. The molecule has 0 fully saturated rings. The molecule has 1 atom stereocenters. The molecule has 1 heterocycles. The van der Waals surface area contributed by atoms with E-state index in [0.29, 0.717) is 37.6 Å². The van der Waals surface area contributed by atoms with Crippen LogP contribution in [0.5, 0.6) is 5.75 Å². The van der Waals surface area contributed by atoms with E-state index in [2.05, 4.69) is 10.6 Å². The van der Waals surface area contributed by atoms with Gasteiger partial charge in [0.05, 0.1) is 22.9 Å². The minimum Gasteiger partial charge on any atom is -0.481 e. The Morgan fingerprint density at radius 3 is 2.37 bits per heavy atom. The number of aryl methyl sites for hydroxylation is 1. The second kappa shape index (κ2) is 11.6. The Bertz CT molecular complexity index is 1260. The summed E-state index contributed by atoms with van der Waals surface area (Å²) in [5.41, 5.74) is 1.88. The predicted molar refractivity (Wildman–Crippen MR) is 139 cm³/mol. The van der Waals surface area contributed by atoms with Crippen molar-refractivity contribution in [2.45, 2.75) is 33.8 Å². The van der Waals surface area contributed by atoms with Gasteiger partial charge in [-0.15, -0.1) is 11.3 Å². The number of ether oxygens (including phenoxy) is 2. The number of hydrogen-bond donors (Lipinski definition) is 2. The highest BCUT2D eigenvalue weighted by atomic mass is 35.5. The zero-order chi connectivity index (χ0) is 25.7. The molecule has 0 bridgehead atoms. The van der Waals surface area contributed by atoms with Gasteiger partial charge in [-0.3, -0.25) is 9.59 Å². The number of benzene rings is 2. The first-order valence-electron chi connectivity index (χ1n) is 10.7. The predicted octanol–water partition coefficient (Wildman–Crippen LogP) is 6.51. The molecule has 3 aromatic rings. The van der Waals surface area contributed by atoms with E-state index < -0.39 is 18.0 Å². The van der Waals surface area contributed by atoms with Crippen LogP contribution in [0, 0.1) is 13.8 Å². The van der Waals surface area contributed by atoms with Crippen molar-refractivity contribution in [1.29, 1.82) is 0 Å². The lowest BCUT2D eigenvalue weighted by Crippen LogP contribution is -2.30. The van der Waals surface area contributed by atoms with Gasteiger partial charge < -0.3 is 20.1 Å². The summed E-state index contributed by atoms with van der Waals surface area (Å²) < 4.78 is 10.8. The third kappa shape index (κ3) is 6.54. The normalized spacial score (nSPS) is 11.5. The number of nitrogens with one attached hydrogen (secondary N) is 2. The van der Waals surface area contributed by atoms with Gasteiger partial charge in [-0.1, -0.05) is 23.2 Å². The van der Waals surface area contributed by atoms with Crippen molar-refractivity contribution in [3.8, 4) is 5.75 Å². The van der Waals surface area contributed by atoms with Crippen LogP contribution in [0.3, 0.4) is 0 Å². The number of esters is 1. The highest BCUT2D eigenvalue weighted by molar-refractivity contribution is 7.16. The fraction of sp³-hybridized carbons (Fsp3) is 0.240. The summed E-state index contributed by atoms with van der Waals surface area (Å²) in [6, 6.07) is 11.1. The topological polar surface area (TPSA) is 93.7 Å². The van der Waals surface area contributed by atoms with Crippen LogP contribution in [0.2, 0.25) is 10.0 Å². The Labute approximate surface area is 217 Å². The minimum absolute atomic E-state index is 0.241. The first-order valence-corrected chi connectivity index (χ1v) is 12.3. The molecule has 0 spiro atoms. The van der Waals surface area contributed by atoms with Crippen LogP contribution in [-0.2, 0) is 9.53 Å². The summed E-state index contributed by atoms with van der Waals surface area (Å²) in [5, 5.41) is 6.70. The smallest absolute Gasteiger partial charge is 0.341 e. The van der Waals surface area contributed by atoms with Gasteiger partial charge in [-0.25, -0.2) is 4.79 Å². The van der Waals surface area contributed by atoms with E-state index >= 15 is 0 Å². The molecule has 0 aliphatic carbocycles.